The number of aliphatic hydroxyl groups excluding tert-OH is 1. The maximum absolute atomic E-state index is 14.0. The third-order valence-electron chi connectivity index (χ3n) is 7.22. The number of carbonyl (C=O) groups excluding carboxylic acids is 2. The number of ether oxygens (including phenoxy) is 4. The zero-order valence-electron chi connectivity index (χ0n) is 23.0. The van der Waals surface area contributed by atoms with Crippen LogP contribution in [0.25, 0.3) is 5.57 Å². The molecule has 2 aliphatic heterocycles. The Morgan fingerprint density at radius 1 is 1.05 bits per heavy atom. The van der Waals surface area contributed by atoms with Crippen LogP contribution in [0.2, 0.25) is 0 Å². The molecule has 2 heterocycles. The van der Waals surface area contributed by atoms with Crippen LogP contribution in [0, 0.1) is 0 Å². The minimum Gasteiger partial charge on any atom is -0.497 e. The number of methoxy groups -OCH3 is 2. The summed E-state index contributed by atoms with van der Waals surface area (Å²) in [6.07, 6.45) is 1.49. The number of hydrogen-bond acceptors (Lipinski definition) is 7. The number of fused-ring (bicyclic) bond motifs is 2. The molecule has 1 N–H and O–H groups in total. The fraction of sp³-hybridized carbons (Fsp3) is 0.250. The monoisotopic (exact) mass is 556 g/mol. The molecule has 2 aliphatic rings. The van der Waals surface area contributed by atoms with Crippen LogP contribution in [0.4, 0.5) is 10.5 Å². The Morgan fingerprint density at radius 3 is 2.49 bits per heavy atom. The van der Waals surface area contributed by atoms with Gasteiger partial charge in [-0.25, -0.2) is 9.69 Å². The Bertz CT molecular complexity index is 1450. The zero-order valence-corrected chi connectivity index (χ0v) is 23.0. The molecule has 212 valence electrons. The highest BCUT2D eigenvalue weighted by molar-refractivity contribution is 6.06. The van der Waals surface area contributed by atoms with Crippen molar-refractivity contribution in [3.8, 4) is 17.2 Å². The number of carbonyl (C=O) groups is 2. The minimum absolute atomic E-state index is 0.0652. The van der Waals surface area contributed by atoms with Crippen LogP contribution in [0.15, 0.2) is 85.5 Å². The second kappa shape index (κ2) is 12.2. The summed E-state index contributed by atoms with van der Waals surface area (Å²) in [6.45, 7) is 4.02. The van der Waals surface area contributed by atoms with Gasteiger partial charge in [0.15, 0.2) is 17.7 Å². The van der Waals surface area contributed by atoms with Gasteiger partial charge in [0.1, 0.15) is 19.0 Å². The van der Waals surface area contributed by atoms with E-state index in [0.717, 1.165) is 27.3 Å². The average molecular weight is 557 g/mol. The number of aliphatic hydroxyl groups is 1. The predicted molar refractivity (Wildman–Crippen MR) is 154 cm³/mol. The van der Waals surface area contributed by atoms with Crippen LogP contribution in [0.1, 0.15) is 27.9 Å². The summed E-state index contributed by atoms with van der Waals surface area (Å²) >= 11 is 0. The molecule has 2 amide bonds. The molecule has 0 saturated heterocycles. The molecule has 0 fully saturated rings. The van der Waals surface area contributed by atoms with Gasteiger partial charge in [0, 0.05) is 12.6 Å². The van der Waals surface area contributed by atoms with Crippen LogP contribution in [0.5, 0.6) is 17.2 Å². The van der Waals surface area contributed by atoms with E-state index in [2.05, 4.69) is 6.58 Å². The van der Waals surface area contributed by atoms with Gasteiger partial charge in [-0.15, -0.1) is 0 Å². The topological polar surface area (TPSA) is 97.8 Å². The molecule has 9 nitrogen and oxygen atoms in total. The molecule has 0 saturated carbocycles. The maximum Gasteiger partial charge on any atom is 0.416 e. The molecular formula is C32H32N2O7. The first kappa shape index (κ1) is 27.8. The van der Waals surface area contributed by atoms with Gasteiger partial charge in [-0.3, -0.25) is 4.79 Å². The minimum atomic E-state index is -1.41. The number of amides is 2. The van der Waals surface area contributed by atoms with E-state index < -0.39 is 18.4 Å². The van der Waals surface area contributed by atoms with Crippen molar-refractivity contribution in [2.45, 2.75) is 25.3 Å². The molecule has 9 heteroatoms. The van der Waals surface area contributed by atoms with Crippen molar-refractivity contribution in [1.29, 1.82) is 0 Å². The normalized spacial score (nSPS) is 17.9. The van der Waals surface area contributed by atoms with Gasteiger partial charge < -0.3 is 29.0 Å². The second-order valence-corrected chi connectivity index (χ2v) is 9.63. The average Bonchev–Trinajstić information content (AvgIpc) is 3.10. The summed E-state index contributed by atoms with van der Waals surface area (Å²) in [4.78, 5) is 30.0. The Hall–Kier alpha value is -4.76. The molecule has 3 aromatic carbocycles. The molecule has 0 aromatic heterocycles. The van der Waals surface area contributed by atoms with Gasteiger partial charge in [0.25, 0.3) is 5.91 Å². The summed E-state index contributed by atoms with van der Waals surface area (Å²) in [5.74, 6) is 1.02. The van der Waals surface area contributed by atoms with Gasteiger partial charge in [0.05, 0.1) is 31.5 Å². The number of nitrogens with zero attached hydrogens (tertiary/aromatic N) is 2. The van der Waals surface area contributed by atoms with Gasteiger partial charge >= 0.3 is 6.09 Å². The molecular weight excluding hydrogens is 524 g/mol. The van der Waals surface area contributed by atoms with E-state index in [4.69, 9.17) is 18.9 Å². The standard InChI is InChI=1S/C32H32N2O7/c1-4-16-40-32(37)34-26-19-29(41-20-21-8-6-5-7-9-21)28(39-3)18-25(26)30(35)33-15-14-23(17-27(33)31(34)36)22-10-12-24(38-2)13-11-22/h4-14,18-19,27,31,36H,1,15-17,20H2,2-3H3/t27-,31?/m0/s1. The highest BCUT2D eigenvalue weighted by atomic mass is 16.6. The molecule has 0 bridgehead atoms. The van der Waals surface area contributed by atoms with E-state index in [1.807, 2.05) is 60.7 Å². The van der Waals surface area contributed by atoms with E-state index in [0.29, 0.717) is 17.9 Å². The maximum atomic E-state index is 14.0. The second-order valence-electron chi connectivity index (χ2n) is 9.63. The van der Waals surface area contributed by atoms with Gasteiger partial charge in [0.2, 0.25) is 0 Å². The molecule has 41 heavy (non-hydrogen) atoms. The molecule has 0 radical (unpaired) electrons. The van der Waals surface area contributed by atoms with E-state index in [1.165, 1.54) is 13.2 Å². The third kappa shape index (κ3) is 5.62. The zero-order chi connectivity index (χ0) is 28.9. The summed E-state index contributed by atoms with van der Waals surface area (Å²) in [5, 5.41) is 11.7. The first-order chi connectivity index (χ1) is 19.9. The van der Waals surface area contributed by atoms with E-state index >= 15 is 0 Å². The molecule has 1 unspecified atom stereocenters. The van der Waals surface area contributed by atoms with Crippen molar-refractivity contribution in [3.63, 3.8) is 0 Å². The van der Waals surface area contributed by atoms with Gasteiger partial charge in [-0.2, -0.15) is 0 Å². The largest absolute Gasteiger partial charge is 0.497 e. The van der Waals surface area contributed by atoms with Crippen molar-refractivity contribution in [3.05, 3.63) is 102 Å². The van der Waals surface area contributed by atoms with Crippen molar-refractivity contribution < 1.29 is 33.6 Å². The lowest BCUT2D eigenvalue weighted by Crippen LogP contribution is -2.54. The molecule has 5 rings (SSSR count). The summed E-state index contributed by atoms with van der Waals surface area (Å²) in [5.41, 5.74) is 3.16. The van der Waals surface area contributed by atoms with Gasteiger partial charge in [-0.05, 0) is 41.3 Å². The summed E-state index contributed by atoms with van der Waals surface area (Å²) in [6, 6.07) is 19.5. The number of benzene rings is 3. The summed E-state index contributed by atoms with van der Waals surface area (Å²) < 4.78 is 22.3. The quantitative estimate of drug-likeness (QED) is 0.388. The lowest BCUT2D eigenvalue weighted by Gasteiger charge is -2.38. The fourth-order valence-electron chi connectivity index (χ4n) is 5.11. The number of anilines is 1. The third-order valence-corrected chi connectivity index (χ3v) is 7.22. The number of hydrogen-bond donors (Lipinski definition) is 1. The number of rotatable bonds is 8. The molecule has 0 aliphatic carbocycles. The first-order valence-electron chi connectivity index (χ1n) is 13.2. The smallest absolute Gasteiger partial charge is 0.416 e. The van der Waals surface area contributed by atoms with Crippen molar-refractivity contribution in [2.24, 2.45) is 0 Å². The summed E-state index contributed by atoms with van der Waals surface area (Å²) in [7, 11) is 3.09. The fourth-order valence-corrected chi connectivity index (χ4v) is 5.11. The van der Waals surface area contributed by atoms with Crippen molar-refractivity contribution >= 4 is 23.3 Å². The van der Waals surface area contributed by atoms with Gasteiger partial charge in [-0.1, -0.05) is 61.2 Å². The van der Waals surface area contributed by atoms with E-state index in [9.17, 15) is 14.7 Å². The van der Waals surface area contributed by atoms with Crippen LogP contribution < -0.4 is 19.1 Å². The van der Waals surface area contributed by atoms with E-state index in [1.54, 1.807) is 24.1 Å². The highest BCUT2D eigenvalue weighted by Crippen LogP contribution is 2.42. The SMILES string of the molecule is C=CCOC(=O)N1c2cc(OCc3ccccc3)c(OC)cc2C(=O)N2CC=C(c3ccc(OC)cc3)C[C@H]2C1O. The lowest BCUT2D eigenvalue weighted by molar-refractivity contribution is 0.0397. The van der Waals surface area contributed by atoms with Crippen molar-refractivity contribution in [2.75, 3.05) is 32.3 Å². The molecule has 2 atom stereocenters. The van der Waals surface area contributed by atoms with E-state index in [-0.39, 0.29) is 36.9 Å². The Labute approximate surface area is 238 Å². The molecule has 3 aromatic rings. The highest BCUT2D eigenvalue weighted by Gasteiger charge is 2.44. The Kier molecular flexibility index (Phi) is 8.26. The van der Waals surface area contributed by atoms with Crippen LogP contribution >= 0.6 is 0 Å². The molecule has 0 spiro atoms. The van der Waals surface area contributed by atoms with Crippen LogP contribution in [-0.4, -0.2) is 61.6 Å². The first-order valence-corrected chi connectivity index (χ1v) is 13.2. The van der Waals surface area contributed by atoms with Crippen LogP contribution in [-0.2, 0) is 11.3 Å². The Morgan fingerprint density at radius 2 is 1.80 bits per heavy atom. The predicted octanol–water partition coefficient (Wildman–Crippen LogP) is 5.04. The lowest BCUT2D eigenvalue weighted by atomic mass is 9.92. The Balaban J connectivity index is 1.54. The van der Waals surface area contributed by atoms with Crippen LogP contribution in [0.3, 0.4) is 0 Å². The van der Waals surface area contributed by atoms with Crippen molar-refractivity contribution in [1.82, 2.24) is 4.90 Å².